The highest BCUT2D eigenvalue weighted by Crippen LogP contribution is 2.21. The Morgan fingerprint density at radius 1 is 1.40 bits per heavy atom. The van der Waals surface area contributed by atoms with Gasteiger partial charge in [0, 0.05) is 6.54 Å². The fourth-order valence-corrected chi connectivity index (χ4v) is 2.30. The number of carbonyl (C=O) groups is 1. The van der Waals surface area contributed by atoms with Crippen LogP contribution in [0.25, 0.3) is 0 Å². The van der Waals surface area contributed by atoms with E-state index in [1.54, 1.807) is 4.90 Å². The molecule has 3 atom stereocenters. The molecule has 3 unspecified atom stereocenters. The van der Waals surface area contributed by atoms with E-state index in [2.05, 4.69) is 10.1 Å². The van der Waals surface area contributed by atoms with Crippen LogP contribution in [-0.2, 0) is 9.53 Å². The summed E-state index contributed by atoms with van der Waals surface area (Å²) < 4.78 is 40.5. The Labute approximate surface area is 117 Å². The molecule has 1 amide bonds. The molecule has 1 aliphatic rings. The summed E-state index contributed by atoms with van der Waals surface area (Å²) in [5, 5.41) is 3.25. The number of carbonyl (C=O) groups excluding carboxylic acids is 1. The highest BCUT2D eigenvalue weighted by atomic mass is 19.4. The SMILES string of the molecule is CCC(C)C1NC(CC)N(CCOCC(F)(F)F)C1=O. The third-order valence-corrected chi connectivity index (χ3v) is 3.64. The molecule has 0 aliphatic carbocycles. The molecule has 1 heterocycles. The summed E-state index contributed by atoms with van der Waals surface area (Å²) in [6.07, 6.45) is -2.84. The summed E-state index contributed by atoms with van der Waals surface area (Å²) >= 11 is 0. The fourth-order valence-electron chi connectivity index (χ4n) is 2.30. The van der Waals surface area contributed by atoms with Crippen molar-refractivity contribution in [3.8, 4) is 0 Å². The average Bonchev–Trinajstić information content (AvgIpc) is 2.69. The van der Waals surface area contributed by atoms with Crippen molar-refractivity contribution in [3.63, 3.8) is 0 Å². The van der Waals surface area contributed by atoms with Gasteiger partial charge >= 0.3 is 6.18 Å². The fraction of sp³-hybridized carbons (Fsp3) is 0.923. The number of amides is 1. The number of alkyl halides is 3. The molecule has 118 valence electrons. The van der Waals surface area contributed by atoms with Gasteiger partial charge in [-0.1, -0.05) is 27.2 Å². The van der Waals surface area contributed by atoms with Gasteiger partial charge in [0.25, 0.3) is 0 Å². The number of hydrogen-bond donors (Lipinski definition) is 1. The molecule has 0 aromatic carbocycles. The number of ether oxygens (including phenoxy) is 1. The molecular weight excluding hydrogens is 273 g/mol. The smallest absolute Gasteiger partial charge is 0.370 e. The first-order valence-corrected chi connectivity index (χ1v) is 7.01. The van der Waals surface area contributed by atoms with Gasteiger partial charge in [-0.25, -0.2) is 0 Å². The number of nitrogens with zero attached hydrogens (tertiary/aromatic N) is 1. The molecule has 0 saturated carbocycles. The zero-order valence-electron chi connectivity index (χ0n) is 12.2. The minimum atomic E-state index is -4.32. The van der Waals surface area contributed by atoms with Crippen LogP contribution in [0.3, 0.4) is 0 Å². The van der Waals surface area contributed by atoms with Crippen molar-refractivity contribution in [2.24, 2.45) is 5.92 Å². The first kappa shape index (κ1) is 17.2. The van der Waals surface area contributed by atoms with Crippen LogP contribution in [0.1, 0.15) is 33.6 Å². The standard InChI is InChI=1S/C13H23F3N2O2/c1-4-9(3)11-12(19)18(10(5-2)17-11)6-7-20-8-13(14,15)16/h9-11,17H,4-8H2,1-3H3. The maximum atomic E-state index is 12.3. The van der Waals surface area contributed by atoms with Crippen LogP contribution >= 0.6 is 0 Å². The monoisotopic (exact) mass is 296 g/mol. The Kier molecular flexibility index (Phi) is 6.26. The van der Waals surface area contributed by atoms with Crippen LogP contribution < -0.4 is 5.32 Å². The van der Waals surface area contributed by atoms with E-state index in [0.717, 1.165) is 12.8 Å². The summed E-state index contributed by atoms with van der Waals surface area (Å²) in [6.45, 7) is 4.76. The maximum absolute atomic E-state index is 12.3. The third kappa shape index (κ3) is 4.63. The molecule has 0 aromatic heterocycles. The number of hydrogen-bond acceptors (Lipinski definition) is 3. The van der Waals surface area contributed by atoms with E-state index in [4.69, 9.17) is 0 Å². The van der Waals surface area contributed by atoms with Gasteiger partial charge in [0.2, 0.25) is 5.91 Å². The van der Waals surface area contributed by atoms with E-state index in [-0.39, 0.29) is 37.2 Å². The second kappa shape index (κ2) is 7.26. The Bertz CT molecular complexity index is 323. The molecule has 0 radical (unpaired) electrons. The predicted octanol–water partition coefficient (Wildman–Crippen LogP) is 2.15. The highest BCUT2D eigenvalue weighted by Gasteiger charge is 2.39. The molecule has 1 rings (SSSR count). The average molecular weight is 296 g/mol. The summed E-state index contributed by atoms with van der Waals surface area (Å²) in [6, 6.07) is -0.243. The number of nitrogens with one attached hydrogen (secondary N) is 1. The van der Waals surface area contributed by atoms with Crippen molar-refractivity contribution in [2.45, 2.75) is 52.0 Å². The molecule has 20 heavy (non-hydrogen) atoms. The molecule has 1 N–H and O–H groups in total. The van der Waals surface area contributed by atoms with Crippen molar-refractivity contribution in [1.29, 1.82) is 0 Å². The minimum absolute atomic E-state index is 0.0400. The van der Waals surface area contributed by atoms with Crippen molar-refractivity contribution in [3.05, 3.63) is 0 Å². The van der Waals surface area contributed by atoms with Gasteiger partial charge in [-0.05, 0) is 12.3 Å². The van der Waals surface area contributed by atoms with Crippen LogP contribution in [0.15, 0.2) is 0 Å². The normalized spacial score (nSPS) is 25.3. The van der Waals surface area contributed by atoms with Crippen LogP contribution in [0, 0.1) is 5.92 Å². The van der Waals surface area contributed by atoms with Crippen LogP contribution in [-0.4, -0.2) is 48.9 Å². The quantitative estimate of drug-likeness (QED) is 0.732. The molecule has 0 bridgehead atoms. The van der Waals surface area contributed by atoms with Gasteiger partial charge in [-0.15, -0.1) is 0 Å². The van der Waals surface area contributed by atoms with Crippen molar-refractivity contribution >= 4 is 5.91 Å². The zero-order chi connectivity index (χ0) is 15.3. The van der Waals surface area contributed by atoms with Crippen molar-refractivity contribution in [2.75, 3.05) is 19.8 Å². The lowest BCUT2D eigenvalue weighted by Gasteiger charge is -2.23. The van der Waals surface area contributed by atoms with Crippen LogP contribution in [0.5, 0.6) is 0 Å². The van der Waals surface area contributed by atoms with E-state index in [1.807, 2.05) is 20.8 Å². The van der Waals surface area contributed by atoms with Gasteiger partial charge < -0.3 is 9.64 Å². The van der Waals surface area contributed by atoms with E-state index in [9.17, 15) is 18.0 Å². The molecule has 0 spiro atoms. The van der Waals surface area contributed by atoms with Gasteiger partial charge in [0.05, 0.1) is 18.8 Å². The Morgan fingerprint density at radius 2 is 2.05 bits per heavy atom. The van der Waals surface area contributed by atoms with Crippen molar-refractivity contribution in [1.82, 2.24) is 10.2 Å². The van der Waals surface area contributed by atoms with Crippen molar-refractivity contribution < 1.29 is 22.7 Å². The molecule has 1 saturated heterocycles. The Hall–Kier alpha value is -0.820. The molecule has 1 aliphatic heterocycles. The lowest BCUT2D eigenvalue weighted by molar-refractivity contribution is -0.175. The second-order valence-electron chi connectivity index (χ2n) is 5.15. The summed E-state index contributed by atoms with van der Waals surface area (Å²) in [5.41, 5.74) is 0. The number of rotatable bonds is 7. The third-order valence-electron chi connectivity index (χ3n) is 3.64. The predicted molar refractivity (Wildman–Crippen MR) is 69.0 cm³/mol. The Balaban J connectivity index is 2.48. The molecule has 0 aromatic rings. The van der Waals surface area contributed by atoms with Crippen LogP contribution in [0.2, 0.25) is 0 Å². The van der Waals surface area contributed by atoms with E-state index in [0.29, 0.717) is 0 Å². The zero-order valence-corrected chi connectivity index (χ0v) is 12.2. The number of halogens is 3. The summed E-state index contributed by atoms with van der Waals surface area (Å²) in [7, 11) is 0. The molecular formula is C13H23F3N2O2. The summed E-state index contributed by atoms with van der Waals surface area (Å²) in [5.74, 6) is 0.166. The maximum Gasteiger partial charge on any atom is 0.411 e. The second-order valence-corrected chi connectivity index (χ2v) is 5.15. The Morgan fingerprint density at radius 3 is 2.55 bits per heavy atom. The lowest BCUT2D eigenvalue weighted by atomic mass is 9.99. The lowest BCUT2D eigenvalue weighted by Crippen LogP contribution is -2.39. The van der Waals surface area contributed by atoms with Gasteiger partial charge in [0.15, 0.2) is 0 Å². The van der Waals surface area contributed by atoms with E-state index < -0.39 is 12.8 Å². The minimum Gasteiger partial charge on any atom is -0.370 e. The molecule has 7 heteroatoms. The highest BCUT2D eigenvalue weighted by molar-refractivity contribution is 5.84. The topological polar surface area (TPSA) is 41.6 Å². The first-order valence-electron chi connectivity index (χ1n) is 7.01. The van der Waals surface area contributed by atoms with Gasteiger partial charge in [-0.3, -0.25) is 10.1 Å². The van der Waals surface area contributed by atoms with Gasteiger partial charge in [-0.2, -0.15) is 13.2 Å². The first-order chi connectivity index (χ1) is 9.30. The largest absolute Gasteiger partial charge is 0.411 e. The van der Waals surface area contributed by atoms with Gasteiger partial charge in [0.1, 0.15) is 6.61 Å². The van der Waals surface area contributed by atoms with Crippen LogP contribution in [0.4, 0.5) is 13.2 Å². The molecule has 4 nitrogen and oxygen atoms in total. The summed E-state index contributed by atoms with van der Waals surface area (Å²) in [4.78, 5) is 13.8. The molecule has 1 fully saturated rings. The van der Waals surface area contributed by atoms with E-state index in [1.165, 1.54) is 0 Å². The van der Waals surface area contributed by atoms with E-state index >= 15 is 0 Å².